The molecule has 5 aromatic rings. The first kappa shape index (κ1) is 25.2. The van der Waals surface area contributed by atoms with Crippen LogP contribution in [0.4, 0.5) is 4.39 Å². The molecule has 5 rings (SSSR count). The maximum atomic E-state index is 15.0. The second kappa shape index (κ2) is 10.1. The molecule has 0 aliphatic carbocycles. The van der Waals surface area contributed by atoms with Crippen LogP contribution in [-0.4, -0.2) is 27.2 Å². The van der Waals surface area contributed by atoms with Gasteiger partial charge in [-0.2, -0.15) is 0 Å². The minimum Gasteiger partial charge on any atom is -0.497 e. The summed E-state index contributed by atoms with van der Waals surface area (Å²) in [7, 11) is 3.25. The number of carbonyl (C=O) groups is 1. The Labute approximate surface area is 222 Å². The summed E-state index contributed by atoms with van der Waals surface area (Å²) in [5, 5.41) is 1.08. The maximum absolute atomic E-state index is 15.0. The van der Waals surface area contributed by atoms with Crippen LogP contribution in [0.3, 0.4) is 0 Å². The fourth-order valence-electron chi connectivity index (χ4n) is 4.37. The number of nitrogens with zero attached hydrogens (tertiary/aromatic N) is 3. The molecule has 0 aliphatic rings. The molecule has 0 fully saturated rings. The molecule has 0 spiro atoms. The van der Waals surface area contributed by atoms with Gasteiger partial charge >= 0.3 is 0 Å². The van der Waals surface area contributed by atoms with Crippen LogP contribution >= 0.6 is 11.6 Å². The maximum Gasteiger partial charge on any atom is 0.282 e. The number of hydrogen-bond donors (Lipinski definition) is 0. The van der Waals surface area contributed by atoms with Crippen molar-refractivity contribution in [2.45, 2.75) is 13.3 Å². The third-order valence-electron chi connectivity index (χ3n) is 6.40. The molecule has 0 saturated carbocycles. The standard InChI is InChI=1S/C29H23ClFN3O4/c1-17-28(29(36)34(33(17)2)24-7-5-4-6-21(24)30)25(35)15-18-8-11-27(22(31)14-18)38-26-12-13-32-23-16-19(37-3)9-10-20(23)26/h4-14,16H,15H2,1-3H3. The van der Waals surface area contributed by atoms with E-state index in [2.05, 4.69) is 4.98 Å². The quantitative estimate of drug-likeness (QED) is 0.239. The molecule has 0 unspecified atom stereocenters. The van der Waals surface area contributed by atoms with Crippen LogP contribution in [0.2, 0.25) is 5.02 Å². The van der Waals surface area contributed by atoms with Gasteiger partial charge in [0.05, 0.1) is 23.3 Å². The summed E-state index contributed by atoms with van der Waals surface area (Å²) in [6.45, 7) is 1.69. The van der Waals surface area contributed by atoms with Gasteiger partial charge in [-0.05, 0) is 55.0 Å². The van der Waals surface area contributed by atoms with E-state index in [0.717, 1.165) is 0 Å². The summed E-state index contributed by atoms with van der Waals surface area (Å²) >= 11 is 6.29. The first-order valence-electron chi connectivity index (χ1n) is 11.7. The van der Waals surface area contributed by atoms with Crippen LogP contribution in [0, 0.1) is 12.7 Å². The molecule has 7 nitrogen and oxygen atoms in total. The second-order valence-corrected chi connectivity index (χ2v) is 9.12. The summed E-state index contributed by atoms with van der Waals surface area (Å²) in [6, 6.07) is 18.2. The smallest absolute Gasteiger partial charge is 0.282 e. The third kappa shape index (κ3) is 4.54. The monoisotopic (exact) mass is 531 g/mol. The lowest BCUT2D eigenvalue weighted by molar-refractivity contribution is 0.0991. The van der Waals surface area contributed by atoms with E-state index in [1.54, 1.807) is 86.6 Å². The van der Waals surface area contributed by atoms with Gasteiger partial charge in [0.2, 0.25) is 0 Å². The molecule has 2 aromatic heterocycles. The molecule has 9 heteroatoms. The van der Waals surface area contributed by atoms with Crippen molar-refractivity contribution in [3.63, 3.8) is 0 Å². The number of hydrogen-bond acceptors (Lipinski definition) is 5. The Morgan fingerprint density at radius 2 is 1.84 bits per heavy atom. The molecular weight excluding hydrogens is 509 g/mol. The number of para-hydroxylation sites is 1. The largest absolute Gasteiger partial charge is 0.497 e. The number of carbonyl (C=O) groups excluding carboxylic acids is 1. The van der Waals surface area contributed by atoms with Crippen molar-refractivity contribution >= 4 is 28.3 Å². The van der Waals surface area contributed by atoms with Gasteiger partial charge < -0.3 is 9.47 Å². The lowest BCUT2D eigenvalue weighted by Crippen LogP contribution is -2.23. The van der Waals surface area contributed by atoms with Gasteiger partial charge in [-0.15, -0.1) is 0 Å². The summed E-state index contributed by atoms with van der Waals surface area (Å²) in [5.41, 5.74) is 1.57. The zero-order valence-corrected chi connectivity index (χ0v) is 21.6. The van der Waals surface area contributed by atoms with Crippen LogP contribution in [0.15, 0.2) is 77.7 Å². The van der Waals surface area contributed by atoms with E-state index in [-0.39, 0.29) is 17.7 Å². The van der Waals surface area contributed by atoms with Gasteiger partial charge in [-0.25, -0.2) is 9.07 Å². The van der Waals surface area contributed by atoms with Crippen LogP contribution in [0.5, 0.6) is 17.2 Å². The number of rotatable bonds is 7. The van der Waals surface area contributed by atoms with E-state index >= 15 is 4.39 Å². The second-order valence-electron chi connectivity index (χ2n) is 8.71. The minimum absolute atomic E-state index is 0.00137. The van der Waals surface area contributed by atoms with Gasteiger partial charge in [0.15, 0.2) is 17.3 Å². The fraction of sp³-hybridized carbons (Fsp3) is 0.138. The van der Waals surface area contributed by atoms with Crippen LogP contribution in [0.1, 0.15) is 21.6 Å². The molecule has 0 N–H and O–H groups in total. The number of Topliss-reactive ketones (excluding diaryl/α,β-unsaturated/α-hetero) is 1. The van der Waals surface area contributed by atoms with Crippen molar-refractivity contribution in [3.05, 3.63) is 111 Å². The van der Waals surface area contributed by atoms with E-state index < -0.39 is 17.2 Å². The van der Waals surface area contributed by atoms with Gasteiger partial charge in [0.1, 0.15) is 17.1 Å². The molecule has 0 amide bonds. The van der Waals surface area contributed by atoms with Crippen molar-refractivity contribution in [1.29, 1.82) is 0 Å². The Morgan fingerprint density at radius 3 is 2.58 bits per heavy atom. The number of halogens is 2. The summed E-state index contributed by atoms with van der Waals surface area (Å²) in [4.78, 5) is 30.7. The molecule has 0 radical (unpaired) electrons. The van der Waals surface area contributed by atoms with Gasteiger partial charge in [-0.1, -0.05) is 29.8 Å². The fourth-order valence-corrected chi connectivity index (χ4v) is 4.59. The van der Waals surface area contributed by atoms with Crippen LogP contribution < -0.4 is 15.0 Å². The zero-order valence-electron chi connectivity index (χ0n) is 20.9. The Bertz CT molecular complexity index is 1760. The minimum atomic E-state index is -0.632. The van der Waals surface area contributed by atoms with E-state index in [0.29, 0.717) is 44.4 Å². The summed E-state index contributed by atoms with van der Waals surface area (Å²) in [6.07, 6.45) is 1.41. The molecule has 0 aliphatic heterocycles. The van der Waals surface area contributed by atoms with E-state index in [4.69, 9.17) is 21.1 Å². The highest BCUT2D eigenvalue weighted by Crippen LogP contribution is 2.32. The van der Waals surface area contributed by atoms with E-state index in [1.165, 1.54) is 16.8 Å². The Hall–Kier alpha value is -4.43. The average Bonchev–Trinajstić information content (AvgIpc) is 3.13. The Morgan fingerprint density at radius 1 is 1.05 bits per heavy atom. The molecule has 0 saturated heterocycles. The molecule has 0 atom stereocenters. The van der Waals surface area contributed by atoms with Crippen LogP contribution in [-0.2, 0) is 13.5 Å². The number of fused-ring (bicyclic) bond motifs is 1. The third-order valence-corrected chi connectivity index (χ3v) is 6.72. The number of pyridine rings is 1. The highest BCUT2D eigenvalue weighted by atomic mass is 35.5. The highest BCUT2D eigenvalue weighted by molar-refractivity contribution is 6.32. The first-order valence-corrected chi connectivity index (χ1v) is 12.1. The number of ketones is 1. The summed E-state index contributed by atoms with van der Waals surface area (Å²) < 4.78 is 29.1. The highest BCUT2D eigenvalue weighted by Gasteiger charge is 2.23. The topological polar surface area (TPSA) is 75.3 Å². The van der Waals surface area contributed by atoms with E-state index in [1.807, 2.05) is 0 Å². The van der Waals surface area contributed by atoms with Crippen molar-refractivity contribution < 1.29 is 18.7 Å². The average molecular weight is 532 g/mol. The molecule has 0 bridgehead atoms. The number of aromatic nitrogens is 3. The lowest BCUT2D eigenvalue weighted by atomic mass is 10.0. The zero-order chi connectivity index (χ0) is 27.0. The molecule has 2 heterocycles. The normalized spacial score (nSPS) is 11.1. The van der Waals surface area contributed by atoms with Crippen LogP contribution in [0.25, 0.3) is 16.6 Å². The van der Waals surface area contributed by atoms with E-state index in [9.17, 15) is 9.59 Å². The van der Waals surface area contributed by atoms with Gasteiger partial charge in [-0.3, -0.25) is 19.3 Å². The predicted octanol–water partition coefficient (Wildman–Crippen LogP) is 6.05. The number of ether oxygens (including phenoxy) is 2. The molecule has 38 heavy (non-hydrogen) atoms. The molecule has 3 aromatic carbocycles. The van der Waals surface area contributed by atoms with Crippen molar-refractivity contribution in [2.24, 2.45) is 7.05 Å². The predicted molar refractivity (Wildman–Crippen MR) is 144 cm³/mol. The van der Waals surface area contributed by atoms with Gasteiger partial charge in [0.25, 0.3) is 5.56 Å². The van der Waals surface area contributed by atoms with Crippen molar-refractivity contribution in [3.8, 4) is 22.9 Å². The lowest BCUT2D eigenvalue weighted by Gasteiger charge is -2.11. The molecule has 192 valence electrons. The van der Waals surface area contributed by atoms with Gasteiger partial charge in [0, 0.05) is 36.8 Å². The SMILES string of the molecule is COc1ccc2c(Oc3ccc(CC(=O)c4c(C)n(C)n(-c5ccccc5Cl)c4=O)cc3F)ccnc2c1. The number of methoxy groups -OCH3 is 1. The Balaban J connectivity index is 1.40. The summed E-state index contributed by atoms with van der Waals surface area (Å²) in [5.74, 6) is 0.0274. The Kier molecular flexibility index (Phi) is 6.73. The molecular formula is C29H23ClFN3O4. The first-order chi connectivity index (χ1) is 18.3. The number of benzene rings is 3. The van der Waals surface area contributed by atoms with Crippen molar-refractivity contribution in [1.82, 2.24) is 14.3 Å². The van der Waals surface area contributed by atoms with Crippen molar-refractivity contribution in [2.75, 3.05) is 7.11 Å².